The summed E-state index contributed by atoms with van der Waals surface area (Å²) in [6, 6.07) is 12.1. The second-order valence-corrected chi connectivity index (χ2v) is 8.11. The van der Waals surface area contributed by atoms with E-state index in [0.29, 0.717) is 32.5 Å². The Kier molecular flexibility index (Phi) is 7.83. The molecule has 0 saturated heterocycles. The Bertz CT molecular complexity index is 876. The molecule has 0 radical (unpaired) electrons. The predicted octanol–water partition coefficient (Wildman–Crippen LogP) is 2.26. The van der Waals surface area contributed by atoms with Crippen LogP contribution in [0.1, 0.15) is 23.1 Å². The van der Waals surface area contributed by atoms with Gasteiger partial charge in [-0.15, -0.1) is 0 Å². The number of ether oxygens (including phenoxy) is 1. The molecule has 0 aliphatic heterocycles. The number of amides is 2. The molecule has 0 unspecified atom stereocenters. The standard InChI is InChI=1S/C20H27N3O4S/c1-15-5-3-6-16(2)19(15)27-14-4-12-22-20(24)23-13-11-17-7-9-18(10-8-17)28(21,25)26/h3,5-10H,4,11-14H2,1-2H3,(H2,21,25,26)(H2,22,23,24). The van der Waals surface area contributed by atoms with Gasteiger partial charge in [-0.05, 0) is 55.5 Å². The third-order valence-electron chi connectivity index (χ3n) is 4.21. The van der Waals surface area contributed by atoms with Crippen molar-refractivity contribution < 1.29 is 17.9 Å². The summed E-state index contributed by atoms with van der Waals surface area (Å²) in [5.41, 5.74) is 3.11. The van der Waals surface area contributed by atoms with Crippen molar-refractivity contribution in [3.63, 3.8) is 0 Å². The van der Waals surface area contributed by atoms with Gasteiger partial charge in [-0.2, -0.15) is 0 Å². The van der Waals surface area contributed by atoms with Gasteiger partial charge in [0.2, 0.25) is 10.0 Å². The monoisotopic (exact) mass is 405 g/mol. The topological polar surface area (TPSA) is 111 Å². The normalized spacial score (nSPS) is 11.1. The summed E-state index contributed by atoms with van der Waals surface area (Å²) in [5.74, 6) is 0.903. The van der Waals surface area contributed by atoms with Crippen LogP contribution in [0.2, 0.25) is 0 Å². The maximum atomic E-state index is 11.8. The van der Waals surface area contributed by atoms with Crippen molar-refractivity contribution in [1.82, 2.24) is 10.6 Å². The van der Waals surface area contributed by atoms with Crippen LogP contribution < -0.4 is 20.5 Å². The number of sulfonamides is 1. The van der Waals surface area contributed by atoms with Crippen LogP contribution in [0.5, 0.6) is 5.75 Å². The number of para-hydroxylation sites is 1. The molecule has 7 nitrogen and oxygen atoms in total. The number of nitrogens with one attached hydrogen (secondary N) is 2. The van der Waals surface area contributed by atoms with Gasteiger partial charge in [-0.3, -0.25) is 0 Å². The lowest BCUT2D eigenvalue weighted by atomic mass is 10.1. The fraction of sp³-hybridized carbons (Fsp3) is 0.350. The van der Waals surface area contributed by atoms with Gasteiger partial charge in [0.15, 0.2) is 0 Å². The van der Waals surface area contributed by atoms with E-state index in [1.807, 2.05) is 32.0 Å². The van der Waals surface area contributed by atoms with Crippen LogP contribution >= 0.6 is 0 Å². The molecule has 0 aromatic heterocycles. The highest BCUT2D eigenvalue weighted by Crippen LogP contribution is 2.22. The number of aryl methyl sites for hydroxylation is 2. The first-order valence-corrected chi connectivity index (χ1v) is 10.6. The van der Waals surface area contributed by atoms with Gasteiger partial charge in [0.05, 0.1) is 11.5 Å². The third-order valence-corrected chi connectivity index (χ3v) is 5.14. The third kappa shape index (κ3) is 6.86. The zero-order valence-corrected chi connectivity index (χ0v) is 17.0. The van der Waals surface area contributed by atoms with Gasteiger partial charge in [0.1, 0.15) is 5.75 Å². The lowest BCUT2D eigenvalue weighted by Crippen LogP contribution is -2.37. The first-order valence-electron chi connectivity index (χ1n) is 9.10. The molecule has 2 aromatic rings. The minimum absolute atomic E-state index is 0.0741. The Labute approximate surface area is 166 Å². The van der Waals surface area contributed by atoms with Crippen molar-refractivity contribution in [2.45, 2.75) is 31.6 Å². The van der Waals surface area contributed by atoms with Gasteiger partial charge < -0.3 is 15.4 Å². The summed E-state index contributed by atoms with van der Waals surface area (Å²) >= 11 is 0. The van der Waals surface area contributed by atoms with E-state index in [1.165, 1.54) is 12.1 Å². The predicted molar refractivity (Wildman–Crippen MR) is 109 cm³/mol. The first-order chi connectivity index (χ1) is 13.3. The van der Waals surface area contributed by atoms with Crippen molar-refractivity contribution in [3.05, 3.63) is 59.2 Å². The molecule has 2 rings (SSSR count). The molecule has 0 fully saturated rings. The Balaban J connectivity index is 1.61. The van der Waals surface area contributed by atoms with E-state index in [9.17, 15) is 13.2 Å². The van der Waals surface area contributed by atoms with Gasteiger partial charge in [0.25, 0.3) is 0 Å². The average Bonchev–Trinajstić information content (AvgIpc) is 2.63. The summed E-state index contributed by atoms with van der Waals surface area (Å²) in [4.78, 5) is 11.9. The van der Waals surface area contributed by atoms with Gasteiger partial charge in [-0.25, -0.2) is 18.4 Å². The zero-order chi connectivity index (χ0) is 20.6. The Morgan fingerprint density at radius 2 is 1.61 bits per heavy atom. The van der Waals surface area contributed by atoms with Crippen molar-refractivity contribution in [2.24, 2.45) is 5.14 Å². The highest BCUT2D eigenvalue weighted by molar-refractivity contribution is 7.89. The summed E-state index contributed by atoms with van der Waals surface area (Å²) in [5, 5.41) is 10.6. The fourth-order valence-corrected chi connectivity index (χ4v) is 3.22. The lowest BCUT2D eigenvalue weighted by molar-refractivity contribution is 0.239. The molecule has 152 valence electrons. The fourth-order valence-electron chi connectivity index (χ4n) is 2.70. The van der Waals surface area contributed by atoms with Crippen LogP contribution in [-0.4, -0.2) is 34.1 Å². The zero-order valence-electron chi connectivity index (χ0n) is 16.2. The number of primary sulfonamides is 1. The molecule has 0 atom stereocenters. The summed E-state index contributed by atoms with van der Waals surface area (Å²) < 4.78 is 28.2. The van der Waals surface area contributed by atoms with Crippen LogP contribution in [0.3, 0.4) is 0 Å². The highest BCUT2D eigenvalue weighted by atomic mass is 32.2. The number of hydrogen-bond donors (Lipinski definition) is 3. The van der Waals surface area contributed by atoms with Crippen molar-refractivity contribution in [2.75, 3.05) is 19.7 Å². The molecular weight excluding hydrogens is 378 g/mol. The Morgan fingerprint density at radius 1 is 1.00 bits per heavy atom. The smallest absolute Gasteiger partial charge is 0.314 e. The van der Waals surface area contributed by atoms with Gasteiger partial charge >= 0.3 is 6.03 Å². The average molecular weight is 406 g/mol. The van der Waals surface area contributed by atoms with E-state index in [2.05, 4.69) is 10.6 Å². The Hall–Kier alpha value is -2.58. The molecule has 0 aliphatic carbocycles. The van der Waals surface area contributed by atoms with Crippen molar-refractivity contribution in [1.29, 1.82) is 0 Å². The molecule has 0 saturated carbocycles. The molecule has 28 heavy (non-hydrogen) atoms. The second kappa shape index (κ2) is 10.1. The van der Waals surface area contributed by atoms with Crippen LogP contribution in [0, 0.1) is 13.8 Å². The number of urea groups is 1. The molecule has 2 aromatic carbocycles. The van der Waals surface area contributed by atoms with E-state index in [-0.39, 0.29) is 10.9 Å². The second-order valence-electron chi connectivity index (χ2n) is 6.54. The molecule has 2 amide bonds. The SMILES string of the molecule is Cc1cccc(C)c1OCCCNC(=O)NCCc1ccc(S(N)(=O)=O)cc1. The number of rotatable bonds is 9. The van der Waals surface area contributed by atoms with Crippen LogP contribution in [0.4, 0.5) is 4.79 Å². The Morgan fingerprint density at radius 3 is 2.21 bits per heavy atom. The lowest BCUT2D eigenvalue weighted by Gasteiger charge is -2.12. The van der Waals surface area contributed by atoms with E-state index in [1.54, 1.807) is 12.1 Å². The number of carbonyl (C=O) groups excluding carboxylic acids is 1. The number of benzene rings is 2. The van der Waals surface area contributed by atoms with E-state index >= 15 is 0 Å². The molecular formula is C20H27N3O4S. The minimum atomic E-state index is -3.68. The molecule has 0 aliphatic rings. The van der Waals surface area contributed by atoms with Gasteiger partial charge in [-0.1, -0.05) is 30.3 Å². The van der Waals surface area contributed by atoms with Crippen LogP contribution in [0.25, 0.3) is 0 Å². The van der Waals surface area contributed by atoms with Gasteiger partial charge in [0, 0.05) is 13.1 Å². The minimum Gasteiger partial charge on any atom is -0.493 e. The van der Waals surface area contributed by atoms with E-state index in [4.69, 9.17) is 9.88 Å². The molecule has 0 bridgehead atoms. The van der Waals surface area contributed by atoms with Crippen molar-refractivity contribution >= 4 is 16.1 Å². The molecule has 8 heteroatoms. The van der Waals surface area contributed by atoms with Crippen LogP contribution in [0.15, 0.2) is 47.4 Å². The largest absolute Gasteiger partial charge is 0.493 e. The molecule has 4 N–H and O–H groups in total. The number of nitrogens with two attached hydrogens (primary N) is 1. The number of hydrogen-bond acceptors (Lipinski definition) is 4. The van der Waals surface area contributed by atoms with Crippen LogP contribution in [-0.2, 0) is 16.4 Å². The summed E-state index contributed by atoms with van der Waals surface area (Å²) in [6.07, 6.45) is 1.30. The number of carbonyl (C=O) groups is 1. The quantitative estimate of drug-likeness (QED) is 0.556. The maximum absolute atomic E-state index is 11.8. The van der Waals surface area contributed by atoms with E-state index < -0.39 is 10.0 Å². The maximum Gasteiger partial charge on any atom is 0.314 e. The molecule has 0 spiro atoms. The van der Waals surface area contributed by atoms with Crippen molar-refractivity contribution in [3.8, 4) is 5.75 Å². The summed E-state index contributed by atoms with van der Waals surface area (Å²) in [7, 11) is -3.68. The summed E-state index contributed by atoms with van der Waals surface area (Å²) in [6.45, 7) is 5.51. The van der Waals surface area contributed by atoms with E-state index in [0.717, 1.165) is 22.4 Å². The highest BCUT2D eigenvalue weighted by Gasteiger charge is 2.07. The molecule has 0 heterocycles. The first kappa shape index (κ1) is 21.7.